The smallest absolute Gasteiger partial charge is 0.234 e. The summed E-state index contributed by atoms with van der Waals surface area (Å²) in [6.07, 6.45) is 0.738. The Labute approximate surface area is 154 Å². The third kappa shape index (κ3) is 3.13. The molecule has 2 aromatic heterocycles. The van der Waals surface area contributed by atoms with Gasteiger partial charge >= 0.3 is 0 Å². The van der Waals surface area contributed by atoms with Crippen LogP contribution < -0.4 is 9.47 Å². The lowest BCUT2D eigenvalue weighted by atomic mass is 10.1. The van der Waals surface area contributed by atoms with Crippen molar-refractivity contribution in [3.8, 4) is 11.5 Å². The molecule has 5 rings (SSSR count). The van der Waals surface area contributed by atoms with Gasteiger partial charge in [0.25, 0.3) is 0 Å². The van der Waals surface area contributed by atoms with Crippen LogP contribution in [0.3, 0.4) is 0 Å². The number of aromatic nitrogens is 4. The first kappa shape index (κ1) is 16.0. The van der Waals surface area contributed by atoms with Crippen molar-refractivity contribution in [3.63, 3.8) is 0 Å². The molecule has 0 aliphatic carbocycles. The molecule has 0 amide bonds. The summed E-state index contributed by atoms with van der Waals surface area (Å²) in [5.74, 6) is 2.50. The van der Waals surface area contributed by atoms with Gasteiger partial charge in [0.05, 0.1) is 19.8 Å². The van der Waals surface area contributed by atoms with E-state index >= 15 is 0 Å². The van der Waals surface area contributed by atoms with Gasteiger partial charge in [-0.2, -0.15) is 9.61 Å². The Morgan fingerprint density at radius 2 is 1.85 bits per heavy atom. The first-order valence-electron chi connectivity index (χ1n) is 8.74. The van der Waals surface area contributed by atoms with Gasteiger partial charge < -0.3 is 14.2 Å². The first-order valence-corrected chi connectivity index (χ1v) is 9.55. The second kappa shape index (κ2) is 6.82. The van der Waals surface area contributed by atoms with E-state index in [1.165, 1.54) is 0 Å². The maximum atomic E-state index is 5.66. The number of benzene rings is 1. The van der Waals surface area contributed by atoms with Crippen molar-refractivity contribution in [1.29, 1.82) is 0 Å². The highest BCUT2D eigenvalue weighted by Gasteiger charge is 2.18. The number of nitrogens with zero attached hydrogens (tertiary/aromatic N) is 5. The SMILES string of the molecule is c1cc2c(cc1Cc1nn3c(CN4CCOCC4)nnc3s1)OCCO2. The fourth-order valence-corrected chi connectivity index (χ4v) is 4.09. The number of hydrogen-bond acceptors (Lipinski definition) is 8. The standard InChI is InChI=1S/C17H19N5O3S/c1-2-13-14(25-8-7-24-13)9-12(1)10-16-20-22-15(18-19-17(22)26-16)11-21-3-5-23-6-4-21/h1-2,9H,3-8,10-11H2. The van der Waals surface area contributed by atoms with Crippen LogP contribution in [0, 0.1) is 0 Å². The molecule has 26 heavy (non-hydrogen) atoms. The molecule has 2 aliphatic heterocycles. The van der Waals surface area contributed by atoms with Crippen LogP contribution >= 0.6 is 11.3 Å². The summed E-state index contributed by atoms with van der Waals surface area (Å²) in [6, 6.07) is 6.06. The Morgan fingerprint density at radius 3 is 2.73 bits per heavy atom. The lowest BCUT2D eigenvalue weighted by Gasteiger charge is -2.25. The van der Waals surface area contributed by atoms with Gasteiger partial charge in [-0.3, -0.25) is 4.90 Å². The fourth-order valence-electron chi connectivity index (χ4n) is 3.20. The van der Waals surface area contributed by atoms with Gasteiger partial charge in [0.2, 0.25) is 4.96 Å². The molecule has 2 aliphatic rings. The van der Waals surface area contributed by atoms with Gasteiger partial charge in [-0.1, -0.05) is 17.4 Å². The maximum absolute atomic E-state index is 5.66. The minimum absolute atomic E-state index is 0.595. The molecule has 1 fully saturated rings. The average molecular weight is 373 g/mol. The molecule has 0 bridgehead atoms. The summed E-state index contributed by atoms with van der Waals surface area (Å²) in [7, 11) is 0. The molecule has 0 unspecified atom stereocenters. The van der Waals surface area contributed by atoms with Crippen molar-refractivity contribution in [2.75, 3.05) is 39.5 Å². The molecule has 4 heterocycles. The Kier molecular flexibility index (Phi) is 4.19. The lowest BCUT2D eigenvalue weighted by molar-refractivity contribution is 0.0328. The molecular formula is C17H19N5O3S. The normalized spacial score (nSPS) is 17.7. The Hall–Kier alpha value is -2.23. The van der Waals surface area contributed by atoms with Crippen molar-refractivity contribution < 1.29 is 14.2 Å². The summed E-state index contributed by atoms with van der Waals surface area (Å²) in [5.41, 5.74) is 1.15. The van der Waals surface area contributed by atoms with Crippen LogP contribution in [-0.2, 0) is 17.7 Å². The second-order valence-electron chi connectivity index (χ2n) is 6.35. The zero-order chi connectivity index (χ0) is 17.3. The van der Waals surface area contributed by atoms with Crippen LogP contribution in [0.1, 0.15) is 16.4 Å². The van der Waals surface area contributed by atoms with Gasteiger partial charge in [-0.25, -0.2) is 0 Å². The van der Waals surface area contributed by atoms with E-state index in [4.69, 9.17) is 19.3 Å². The number of hydrogen-bond donors (Lipinski definition) is 0. The second-order valence-corrected chi connectivity index (χ2v) is 7.39. The molecule has 9 heteroatoms. The Balaban J connectivity index is 1.35. The number of ether oxygens (including phenoxy) is 3. The van der Waals surface area contributed by atoms with Gasteiger partial charge in [-0.15, -0.1) is 10.2 Å². The molecule has 1 aromatic carbocycles. The summed E-state index contributed by atoms with van der Waals surface area (Å²) in [4.78, 5) is 3.15. The quantitative estimate of drug-likeness (QED) is 0.684. The van der Waals surface area contributed by atoms with Crippen LogP contribution in [0.4, 0.5) is 0 Å². The van der Waals surface area contributed by atoms with E-state index in [1.807, 2.05) is 16.6 Å². The summed E-state index contributed by atoms with van der Waals surface area (Å²) >= 11 is 1.58. The van der Waals surface area contributed by atoms with Crippen molar-refractivity contribution in [2.24, 2.45) is 0 Å². The van der Waals surface area contributed by atoms with Gasteiger partial charge in [0, 0.05) is 19.5 Å². The molecule has 0 spiro atoms. The molecule has 3 aromatic rings. The van der Waals surface area contributed by atoms with Gasteiger partial charge in [0.1, 0.15) is 18.2 Å². The van der Waals surface area contributed by atoms with E-state index in [0.29, 0.717) is 13.2 Å². The fraction of sp³-hybridized carbons (Fsp3) is 0.471. The minimum Gasteiger partial charge on any atom is -0.486 e. The van der Waals surface area contributed by atoms with E-state index in [2.05, 4.69) is 21.2 Å². The van der Waals surface area contributed by atoms with E-state index < -0.39 is 0 Å². The predicted octanol–water partition coefficient (Wildman–Crippen LogP) is 1.38. The summed E-state index contributed by atoms with van der Waals surface area (Å²) in [6.45, 7) is 5.33. The topological polar surface area (TPSA) is 74.0 Å². The number of fused-ring (bicyclic) bond motifs is 2. The van der Waals surface area contributed by atoms with Crippen molar-refractivity contribution >= 4 is 16.3 Å². The highest BCUT2D eigenvalue weighted by atomic mass is 32.1. The van der Waals surface area contributed by atoms with Crippen LogP contribution in [-0.4, -0.2) is 64.2 Å². The first-order chi connectivity index (χ1) is 12.8. The van der Waals surface area contributed by atoms with Crippen molar-refractivity contribution in [3.05, 3.63) is 34.6 Å². The van der Waals surface area contributed by atoms with E-state index in [1.54, 1.807) is 11.3 Å². The Morgan fingerprint density at radius 1 is 1.00 bits per heavy atom. The van der Waals surface area contributed by atoms with Crippen LogP contribution in [0.25, 0.3) is 4.96 Å². The van der Waals surface area contributed by atoms with E-state index in [9.17, 15) is 0 Å². The zero-order valence-electron chi connectivity index (χ0n) is 14.3. The largest absolute Gasteiger partial charge is 0.486 e. The minimum atomic E-state index is 0.595. The molecule has 1 saturated heterocycles. The molecule has 0 radical (unpaired) electrons. The van der Waals surface area contributed by atoms with Gasteiger partial charge in [0.15, 0.2) is 17.3 Å². The molecule has 0 saturated carbocycles. The Bertz CT molecular complexity index is 918. The van der Waals surface area contributed by atoms with Crippen molar-refractivity contribution in [2.45, 2.75) is 13.0 Å². The maximum Gasteiger partial charge on any atom is 0.234 e. The third-order valence-electron chi connectivity index (χ3n) is 4.53. The zero-order valence-corrected chi connectivity index (χ0v) is 15.1. The van der Waals surface area contributed by atoms with E-state index in [0.717, 1.165) is 72.1 Å². The van der Waals surface area contributed by atoms with Crippen molar-refractivity contribution in [1.82, 2.24) is 24.7 Å². The molecule has 0 N–H and O–H groups in total. The van der Waals surface area contributed by atoms with Crippen LogP contribution in [0.5, 0.6) is 11.5 Å². The monoisotopic (exact) mass is 373 g/mol. The predicted molar refractivity (Wildman–Crippen MR) is 95.0 cm³/mol. The third-order valence-corrected chi connectivity index (χ3v) is 5.43. The van der Waals surface area contributed by atoms with Crippen LogP contribution in [0.2, 0.25) is 0 Å². The summed E-state index contributed by atoms with van der Waals surface area (Å²) < 4.78 is 18.5. The molecule has 136 valence electrons. The average Bonchev–Trinajstić information content (AvgIpc) is 3.24. The highest BCUT2D eigenvalue weighted by molar-refractivity contribution is 7.16. The van der Waals surface area contributed by atoms with Crippen LogP contribution in [0.15, 0.2) is 18.2 Å². The van der Waals surface area contributed by atoms with E-state index in [-0.39, 0.29) is 0 Å². The highest BCUT2D eigenvalue weighted by Crippen LogP contribution is 2.31. The number of morpholine rings is 1. The summed E-state index contributed by atoms with van der Waals surface area (Å²) in [5, 5.41) is 14.3. The molecule has 0 atom stereocenters. The number of rotatable bonds is 4. The molecule has 8 nitrogen and oxygen atoms in total. The molecular weight excluding hydrogens is 354 g/mol. The van der Waals surface area contributed by atoms with Gasteiger partial charge in [-0.05, 0) is 17.7 Å². The lowest BCUT2D eigenvalue weighted by Crippen LogP contribution is -2.36.